The highest BCUT2D eigenvalue weighted by Gasteiger charge is 2.23. The normalized spacial score (nSPS) is 15.6. The molecule has 1 aliphatic heterocycles. The fraction of sp³-hybridized carbons (Fsp3) is 0.316. The predicted octanol–water partition coefficient (Wildman–Crippen LogP) is 1.81. The van der Waals surface area contributed by atoms with Crippen LogP contribution in [0.3, 0.4) is 0 Å². The van der Waals surface area contributed by atoms with Gasteiger partial charge < -0.3 is 20.5 Å². The van der Waals surface area contributed by atoms with Crippen molar-refractivity contribution in [3.63, 3.8) is 0 Å². The van der Waals surface area contributed by atoms with Crippen LogP contribution in [-0.2, 0) is 24.3 Å². The minimum atomic E-state index is -0.217. The molecule has 25 heavy (non-hydrogen) atoms. The molecule has 5 nitrogen and oxygen atoms in total. The molecule has 0 radical (unpaired) electrons. The van der Waals surface area contributed by atoms with Gasteiger partial charge in [-0.3, -0.25) is 4.79 Å². The van der Waals surface area contributed by atoms with Gasteiger partial charge in [0.2, 0.25) is 5.91 Å². The third-order valence-corrected chi connectivity index (χ3v) is 4.17. The van der Waals surface area contributed by atoms with Crippen molar-refractivity contribution in [1.29, 1.82) is 0 Å². The number of benzene rings is 2. The summed E-state index contributed by atoms with van der Waals surface area (Å²) in [5.74, 6) is 0.676. The van der Waals surface area contributed by atoms with Gasteiger partial charge in [0.15, 0.2) is 0 Å². The Kier molecular flexibility index (Phi) is 7.25. The Bertz CT molecular complexity index is 709. The number of rotatable bonds is 6. The van der Waals surface area contributed by atoms with Gasteiger partial charge in [0.25, 0.3) is 0 Å². The molecule has 0 saturated carbocycles. The van der Waals surface area contributed by atoms with Crippen LogP contribution in [-0.4, -0.2) is 30.3 Å². The van der Waals surface area contributed by atoms with Gasteiger partial charge in [-0.2, -0.15) is 0 Å². The standard InChI is InChI=1S/C19H22N2O3.ClH/c22-9-10-24-18-8-4-3-7-16(18)13-21-19(23)17-11-14-5-1-2-6-15(14)12-20-17;/h1-8,17,20,22H,9-13H2,(H,21,23);1H. The molecule has 3 rings (SSSR count). The first-order chi connectivity index (χ1) is 11.8. The highest BCUT2D eigenvalue weighted by Crippen LogP contribution is 2.19. The first-order valence-electron chi connectivity index (χ1n) is 8.17. The van der Waals surface area contributed by atoms with Crippen LogP contribution in [0.5, 0.6) is 5.75 Å². The second-order valence-electron chi connectivity index (χ2n) is 5.80. The van der Waals surface area contributed by atoms with Crippen LogP contribution < -0.4 is 15.4 Å². The molecule has 1 aliphatic rings. The van der Waals surface area contributed by atoms with E-state index >= 15 is 0 Å². The highest BCUT2D eigenvalue weighted by molar-refractivity contribution is 5.85. The van der Waals surface area contributed by atoms with Crippen LogP contribution in [0, 0.1) is 0 Å². The summed E-state index contributed by atoms with van der Waals surface area (Å²) in [6.45, 7) is 1.32. The molecular weight excluding hydrogens is 340 g/mol. The van der Waals surface area contributed by atoms with Crippen molar-refractivity contribution < 1.29 is 14.6 Å². The van der Waals surface area contributed by atoms with Crippen molar-refractivity contribution in [3.05, 3.63) is 65.2 Å². The monoisotopic (exact) mass is 362 g/mol. The summed E-state index contributed by atoms with van der Waals surface area (Å²) in [7, 11) is 0. The van der Waals surface area contributed by atoms with Crippen molar-refractivity contribution >= 4 is 18.3 Å². The maximum atomic E-state index is 12.5. The van der Waals surface area contributed by atoms with Gasteiger partial charge >= 0.3 is 0 Å². The summed E-state index contributed by atoms with van der Waals surface area (Å²) < 4.78 is 5.49. The highest BCUT2D eigenvalue weighted by atomic mass is 35.5. The van der Waals surface area contributed by atoms with Gasteiger partial charge in [0.05, 0.1) is 12.6 Å². The van der Waals surface area contributed by atoms with E-state index in [-0.39, 0.29) is 37.6 Å². The van der Waals surface area contributed by atoms with Crippen LogP contribution in [0.15, 0.2) is 48.5 Å². The number of nitrogens with one attached hydrogen (secondary N) is 2. The molecule has 1 amide bonds. The summed E-state index contributed by atoms with van der Waals surface area (Å²) >= 11 is 0. The number of carbonyl (C=O) groups is 1. The number of aliphatic hydroxyl groups excluding tert-OH is 1. The second-order valence-corrected chi connectivity index (χ2v) is 5.80. The molecule has 2 aromatic carbocycles. The van der Waals surface area contributed by atoms with Crippen LogP contribution in [0.1, 0.15) is 16.7 Å². The Hall–Kier alpha value is -2.08. The van der Waals surface area contributed by atoms with Crippen LogP contribution in [0.25, 0.3) is 0 Å². The summed E-state index contributed by atoms with van der Waals surface area (Å²) in [4.78, 5) is 12.5. The quantitative estimate of drug-likeness (QED) is 0.733. The lowest BCUT2D eigenvalue weighted by Crippen LogP contribution is -2.47. The fourth-order valence-electron chi connectivity index (χ4n) is 2.89. The van der Waals surface area contributed by atoms with Crippen LogP contribution in [0.2, 0.25) is 0 Å². The van der Waals surface area contributed by atoms with E-state index in [1.54, 1.807) is 0 Å². The summed E-state index contributed by atoms with van der Waals surface area (Å²) in [6.07, 6.45) is 0.699. The molecule has 0 bridgehead atoms. The summed E-state index contributed by atoms with van der Waals surface area (Å²) in [5, 5.41) is 15.1. The van der Waals surface area contributed by atoms with Gasteiger partial charge in [-0.15, -0.1) is 12.4 Å². The Morgan fingerprint density at radius 1 is 1.16 bits per heavy atom. The number of para-hydroxylation sites is 1. The fourth-order valence-corrected chi connectivity index (χ4v) is 2.89. The Balaban J connectivity index is 0.00000225. The zero-order chi connectivity index (χ0) is 16.8. The maximum absolute atomic E-state index is 12.5. The number of ether oxygens (including phenoxy) is 1. The van der Waals surface area contributed by atoms with E-state index < -0.39 is 0 Å². The molecule has 6 heteroatoms. The SMILES string of the molecule is Cl.O=C(NCc1ccccc1OCCO)C1Cc2ccccc2CN1. The smallest absolute Gasteiger partial charge is 0.237 e. The van der Waals surface area contributed by atoms with E-state index in [0.29, 0.717) is 25.3 Å². The number of halogens is 1. The maximum Gasteiger partial charge on any atom is 0.237 e. The van der Waals surface area contributed by atoms with Crippen molar-refractivity contribution in [2.45, 2.75) is 25.6 Å². The van der Waals surface area contributed by atoms with Crippen molar-refractivity contribution in [3.8, 4) is 5.75 Å². The van der Waals surface area contributed by atoms with Gasteiger partial charge in [0, 0.05) is 18.7 Å². The zero-order valence-corrected chi connectivity index (χ0v) is 14.7. The number of amides is 1. The Labute approximate surface area is 153 Å². The molecule has 0 saturated heterocycles. The van der Waals surface area contributed by atoms with E-state index in [1.807, 2.05) is 36.4 Å². The molecule has 0 aliphatic carbocycles. The third kappa shape index (κ3) is 4.95. The first kappa shape index (κ1) is 19.2. The molecule has 1 unspecified atom stereocenters. The third-order valence-electron chi connectivity index (χ3n) is 4.17. The van der Waals surface area contributed by atoms with E-state index in [2.05, 4.69) is 22.8 Å². The van der Waals surface area contributed by atoms with E-state index in [4.69, 9.17) is 9.84 Å². The average molecular weight is 363 g/mol. The lowest BCUT2D eigenvalue weighted by molar-refractivity contribution is -0.123. The molecule has 3 N–H and O–H groups in total. The molecule has 0 spiro atoms. The number of aliphatic hydroxyl groups is 1. The Morgan fingerprint density at radius 3 is 2.68 bits per heavy atom. The van der Waals surface area contributed by atoms with Crippen molar-refractivity contribution in [2.24, 2.45) is 0 Å². The van der Waals surface area contributed by atoms with Gasteiger partial charge in [0.1, 0.15) is 12.4 Å². The Morgan fingerprint density at radius 2 is 1.88 bits per heavy atom. The van der Waals surface area contributed by atoms with Crippen molar-refractivity contribution in [1.82, 2.24) is 10.6 Å². The zero-order valence-electron chi connectivity index (χ0n) is 13.9. The van der Waals surface area contributed by atoms with Gasteiger partial charge in [-0.25, -0.2) is 0 Å². The van der Waals surface area contributed by atoms with E-state index in [0.717, 1.165) is 5.56 Å². The molecule has 0 fully saturated rings. The number of fused-ring (bicyclic) bond motifs is 1. The first-order valence-corrected chi connectivity index (χ1v) is 8.17. The summed E-state index contributed by atoms with van der Waals surface area (Å²) in [6, 6.07) is 15.5. The number of hydrogen-bond donors (Lipinski definition) is 3. The lowest BCUT2D eigenvalue weighted by atomic mass is 9.95. The molecule has 1 atom stereocenters. The number of carbonyl (C=O) groups excluding carboxylic acids is 1. The second kappa shape index (κ2) is 9.42. The molecule has 2 aromatic rings. The average Bonchev–Trinajstić information content (AvgIpc) is 2.64. The number of hydrogen-bond acceptors (Lipinski definition) is 4. The topological polar surface area (TPSA) is 70.6 Å². The van der Waals surface area contributed by atoms with Gasteiger partial charge in [-0.05, 0) is 23.6 Å². The van der Waals surface area contributed by atoms with E-state index in [9.17, 15) is 4.79 Å². The van der Waals surface area contributed by atoms with Crippen LogP contribution >= 0.6 is 12.4 Å². The summed E-state index contributed by atoms with van der Waals surface area (Å²) in [5.41, 5.74) is 3.38. The van der Waals surface area contributed by atoms with Crippen LogP contribution in [0.4, 0.5) is 0 Å². The van der Waals surface area contributed by atoms with Gasteiger partial charge in [-0.1, -0.05) is 42.5 Å². The lowest BCUT2D eigenvalue weighted by Gasteiger charge is -2.25. The van der Waals surface area contributed by atoms with E-state index in [1.165, 1.54) is 11.1 Å². The molecule has 0 aromatic heterocycles. The molecular formula is C19H23ClN2O3. The molecule has 134 valence electrons. The predicted molar refractivity (Wildman–Crippen MR) is 98.9 cm³/mol. The minimum absolute atomic E-state index is 0. The molecule has 1 heterocycles. The largest absolute Gasteiger partial charge is 0.491 e. The van der Waals surface area contributed by atoms with Crippen molar-refractivity contribution in [2.75, 3.05) is 13.2 Å². The minimum Gasteiger partial charge on any atom is -0.491 e.